The van der Waals surface area contributed by atoms with Crippen molar-refractivity contribution in [1.82, 2.24) is 0 Å². The third kappa shape index (κ3) is 2.97. The highest BCUT2D eigenvalue weighted by molar-refractivity contribution is 9.10. The normalized spacial score (nSPS) is 12.3. The minimum Gasteiger partial charge on any atom is -0.325 e. The molecule has 0 aliphatic heterocycles. The van der Waals surface area contributed by atoms with Crippen LogP contribution < -0.4 is 11.1 Å². The van der Waals surface area contributed by atoms with Gasteiger partial charge < -0.3 is 11.1 Å². The second kappa shape index (κ2) is 4.77. The first-order valence-electron chi connectivity index (χ1n) is 4.02. The molecule has 3 N–H and O–H groups in total. The Labute approximate surface area is 95.7 Å². The van der Waals surface area contributed by atoms with Crippen LogP contribution in [-0.2, 0) is 4.79 Å². The third-order valence-electron chi connectivity index (χ3n) is 1.60. The average molecular weight is 278 g/mol. The molecular formula is C9H10BrClN2O. The van der Waals surface area contributed by atoms with Gasteiger partial charge in [0.25, 0.3) is 0 Å². The first kappa shape index (κ1) is 11.5. The van der Waals surface area contributed by atoms with Crippen LogP contribution in [0.3, 0.4) is 0 Å². The topological polar surface area (TPSA) is 55.1 Å². The highest BCUT2D eigenvalue weighted by atomic mass is 79.9. The Morgan fingerprint density at radius 3 is 2.79 bits per heavy atom. The minimum atomic E-state index is -0.530. The Hall–Kier alpha value is -0.580. The maximum atomic E-state index is 11.2. The molecule has 3 nitrogen and oxygen atoms in total. The van der Waals surface area contributed by atoms with E-state index in [1.54, 1.807) is 25.1 Å². The van der Waals surface area contributed by atoms with Crippen molar-refractivity contribution >= 4 is 39.1 Å². The average Bonchev–Trinajstić information content (AvgIpc) is 2.11. The van der Waals surface area contributed by atoms with Gasteiger partial charge >= 0.3 is 0 Å². The highest BCUT2D eigenvalue weighted by Gasteiger charge is 2.07. The summed E-state index contributed by atoms with van der Waals surface area (Å²) in [5, 5.41) is 3.19. The monoisotopic (exact) mass is 276 g/mol. The molecule has 0 spiro atoms. The van der Waals surface area contributed by atoms with Crippen molar-refractivity contribution in [3.05, 3.63) is 27.7 Å². The lowest BCUT2D eigenvalue weighted by Gasteiger charge is -2.08. The number of anilines is 1. The molecule has 5 heteroatoms. The Morgan fingerprint density at radius 1 is 1.64 bits per heavy atom. The molecule has 1 aromatic carbocycles. The number of benzene rings is 1. The summed E-state index contributed by atoms with van der Waals surface area (Å²) in [6.45, 7) is 1.62. The fraction of sp³-hybridized carbons (Fsp3) is 0.222. The quantitative estimate of drug-likeness (QED) is 0.872. The van der Waals surface area contributed by atoms with E-state index in [1.807, 2.05) is 0 Å². The first-order chi connectivity index (χ1) is 6.50. The Balaban J connectivity index is 2.78. The molecule has 0 bridgehead atoms. The molecule has 0 saturated carbocycles. The van der Waals surface area contributed by atoms with Gasteiger partial charge in [-0.05, 0) is 41.1 Å². The van der Waals surface area contributed by atoms with E-state index >= 15 is 0 Å². The number of carbonyl (C=O) groups excluding carboxylic acids is 1. The number of hydrogen-bond donors (Lipinski definition) is 2. The molecule has 0 heterocycles. The summed E-state index contributed by atoms with van der Waals surface area (Å²) < 4.78 is 0.790. The van der Waals surface area contributed by atoms with Gasteiger partial charge in [0.2, 0.25) is 5.91 Å². The van der Waals surface area contributed by atoms with Crippen molar-refractivity contribution in [3.8, 4) is 0 Å². The lowest BCUT2D eigenvalue weighted by molar-refractivity contribution is -0.117. The zero-order chi connectivity index (χ0) is 10.7. The molecule has 76 valence electrons. The highest BCUT2D eigenvalue weighted by Crippen LogP contribution is 2.25. The molecule has 1 atom stereocenters. The van der Waals surface area contributed by atoms with Crippen LogP contribution in [0.5, 0.6) is 0 Å². The SMILES string of the molecule is C[C@@H](N)C(=O)Nc1ccc(Br)c(Cl)c1. The number of halogens is 2. The Bertz CT molecular complexity index is 355. The van der Waals surface area contributed by atoms with Crippen LogP contribution in [0.4, 0.5) is 5.69 Å². The molecule has 0 radical (unpaired) electrons. The third-order valence-corrected chi connectivity index (χ3v) is 2.83. The Morgan fingerprint density at radius 2 is 2.29 bits per heavy atom. The molecule has 0 aliphatic carbocycles. The zero-order valence-corrected chi connectivity index (χ0v) is 9.89. The number of nitrogens with two attached hydrogens (primary N) is 1. The van der Waals surface area contributed by atoms with E-state index in [4.69, 9.17) is 17.3 Å². The summed E-state index contributed by atoms with van der Waals surface area (Å²) in [5.74, 6) is -0.233. The van der Waals surface area contributed by atoms with Crippen molar-refractivity contribution in [2.45, 2.75) is 13.0 Å². The van der Waals surface area contributed by atoms with E-state index in [2.05, 4.69) is 21.2 Å². The van der Waals surface area contributed by atoms with Gasteiger partial charge in [-0.1, -0.05) is 11.6 Å². The predicted octanol–water partition coefficient (Wildman–Crippen LogP) is 2.39. The van der Waals surface area contributed by atoms with Crippen LogP contribution in [0.2, 0.25) is 5.02 Å². The van der Waals surface area contributed by atoms with Crippen molar-refractivity contribution in [2.24, 2.45) is 5.73 Å². The maximum Gasteiger partial charge on any atom is 0.240 e. The van der Waals surface area contributed by atoms with E-state index in [0.29, 0.717) is 10.7 Å². The number of carbonyl (C=O) groups is 1. The van der Waals surface area contributed by atoms with Gasteiger partial charge in [-0.3, -0.25) is 4.79 Å². The second-order valence-electron chi connectivity index (χ2n) is 2.91. The first-order valence-corrected chi connectivity index (χ1v) is 5.19. The van der Waals surface area contributed by atoms with Gasteiger partial charge in [-0.25, -0.2) is 0 Å². The number of nitrogens with one attached hydrogen (secondary N) is 1. The van der Waals surface area contributed by atoms with E-state index in [9.17, 15) is 4.79 Å². The van der Waals surface area contributed by atoms with E-state index in [0.717, 1.165) is 4.47 Å². The van der Waals surface area contributed by atoms with Crippen LogP contribution in [0, 0.1) is 0 Å². The van der Waals surface area contributed by atoms with E-state index in [-0.39, 0.29) is 5.91 Å². The van der Waals surface area contributed by atoms with Gasteiger partial charge in [0, 0.05) is 10.2 Å². The molecule has 14 heavy (non-hydrogen) atoms. The largest absolute Gasteiger partial charge is 0.325 e. The van der Waals surface area contributed by atoms with Crippen LogP contribution in [0.15, 0.2) is 22.7 Å². The molecule has 0 fully saturated rings. The lowest BCUT2D eigenvalue weighted by Crippen LogP contribution is -2.32. The number of hydrogen-bond acceptors (Lipinski definition) is 2. The predicted molar refractivity (Wildman–Crippen MR) is 61.4 cm³/mol. The summed E-state index contributed by atoms with van der Waals surface area (Å²) in [7, 11) is 0. The molecule has 0 saturated heterocycles. The smallest absolute Gasteiger partial charge is 0.240 e. The van der Waals surface area contributed by atoms with Crippen LogP contribution in [0.25, 0.3) is 0 Å². The lowest BCUT2D eigenvalue weighted by atomic mass is 10.3. The van der Waals surface area contributed by atoms with Gasteiger partial charge in [-0.15, -0.1) is 0 Å². The standard InChI is InChI=1S/C9H10BrClN2O/c1-5(12)9(14)13-6-2-3-7(10)8(11)4-6/h2-5H,12H2,1H3,(H,13,14)/t5-/m1/s1. The zero-order valence-electron chi connectivity index (χ0n) is 7.55. The molecule has 0 unspecified atom stereocenters. The van der Waals surface area contributed by atoms with Crippen LogP contribution in [0.1, 0.15) is 6.92 Å². The Kier molecular flexibility index (Phi) is 3.92. The fourth-order valence-corrected chi connectivity index (χ4v) is 1.26. The molecular weight excluding hydrogens is 267 g/mol. The summed E-state index contributed by atoms with van der Waals surface area (Å²) >= 11 is 9.10. The molecule has 0 aliphatic rings. The van der Waals surface area contributed by atoms with Gasteiger partial charge in [0.1, 0.15) is 0 Å². The van der Waals surface area contributed by atoms with Crippen molar-refractivity contribution in [2.75, 3.05) is 5.32 Å². The van der Waals surface area contributed by atoms with E-state index < -0.39 is 6.04 Å². The minimum absolute atomic E-state index is 0.233. The molecule has 0 aromatic heterocycles. The van der Waals surface area contributed by atoms with Gasteiger partial charge in [0.15, 0.2) is 0 Å². The number of amides is 1. The molecule has 1 aromatic rings. The summed E-state index contributed by atoms with van der Waals surface area (Å²) in [5.41, 5.74) is 6.04. The van der Waals surface area contributed by atoms with Gasteiger partial charge in [-0.2, -0.15) is 0 Å². The maximum absolute atomic E-state index is 11.2. The summed E-state index contributed by atoms with van der Waals surface area (Å²) in [4.78, 5) is 11.2. The second-order valence-corrected chi connectivity index (χ2v) is 4.17. The molecule has 1 rings (SSSR count). The van der Waals surface area contributed by atoms with Crippen LogP contribution >= 0.6 is 27.5 Å². The van der Waals surface area contributed by atoms with E-state index in [1.165, 1.54) is 0 Å². The number of rotatable bonds is 2. The van der Waals surface area contributed by atoms with Crippen molar-refractivity contribution in [3.63, 3.8) is 0 Å². The summed E-state index contributed by atoms with van der Waals surface area (Å²) in [6.07, 6.45) is 0. The summed E-state index contributed by atoms with van der Waals surface area (Å²) in [6, 6.07) is 4.64. The van der Waals surface area contributed by atoms with Gasteiger partial charge in [0.05, 0.1) is 11.1 Å². The van der Waals surface area contributed by atoms with Crippen molar-refractivity contribution < 1.29 is 4.79 Å². The van der Waals surface area contributed by atoms with Crippen LogP contribution in [-0.4, -0.2) is 11.9 Å². The molecule has 1 amide bonds. The fourth-order valence-electron chi connectivity index (χ4n) is 0.830. The van der Waals surface area contributed by atoms with Crippen molar-refractivity contribution in [1.29, 1.82) is 0 Å².